The van der Waals surface area contributed by atoms with Crippen molar-refractivity contribution in [3.63, 3.8) is 0 Å². The van der Waals surface area contributed by atoms with E-state index in [1.165, 1.54) is 32.1 Å². The molecule has 1 aliphatic rings. The van der Waals surface area contributed by atoms with Crippen LogP contribution in [0.4, 0.5) is 4.79 Å². The number of primary amides is 1. The highest BCUT2D eigenvalue weighted by molar-refractivity contribution is 6.77. The predicted molar refractivity (Wildman–Crippen MR) is 100 cm³/mol. The van der Waals surface area contributed by atoms with Gasteiger partial charge in [0.1, 0.15) is 0 Å². The SMILES string of the molecule is CCC1(CC(N)CCOC(N)=O)CCCC(C(C)[Si](C)(C)C)C1. The van der Waals surface area contributed by atoms with Crippen LogP contribution in [0.1, 0.15) is 58.8 Å². The molecule has 0 aromatic rings. The van der Waals surface area contributed by atoms with Crippen molar-refractivity contribution in [2.75, 3.05) is 6.61 Å². The molecule has 1 rings (SSSR count). The molecular formula is C18H38N2O2Si. The fourth-order valence-corrected chi connectivity index (χ4v) is 5.95. The monoisotopic (exact) mass is 342 g/mol. The lowest BCUT2D eigenvalue weighted by Crippen LogP contribution is -2.40. The van der Waals surface area contributed by atoms with E-state index in [2.05, 4.69) is 33.5 Å². The van der Waals surface area contributed by atoms with Gasteiger partial charge in [0, 0.05) is 14.1 Å². The zero-order chi connectivity index (χ0) is 17.7. The average Bonchev–Trinajstić information content (AvgIpc) is 2.45. The molecule has 4 unspecified atom stereocenters. The van der Waals surface area contributed by atoms with Gasteiger partial charge in [-0.2, -0.15) is 0 Å². The van der Waals surface area contributed by atoms with Crippen molar-refractivity contribution >= 4 is 14.2 Å². The Morgan fingerprint density at radius 2 is 2.04 bits per heavy atom. The van der Waals surface area contributed by atoms with Gasteiger partial charge in [0.25, 0.3) is 0 Å². The van der Waals surface area contributed by atoms with Crippen molar-refractivity contribution in [2.45, 2.75) is 90.0 Å². The normalized spacial score (nSPS) is 28.2. The first-order valence-electron chi connectivity index (χ1n) is 9.27. The van der Waals surface area contributed by atoms with Gasteiger partial charge >= 0.3 is 6.09 Å². The lowest BCUT2D eigenvalue weighted by Gasteiger charge is -2.46. The molecule has 1 amide bonds. The van der Waals surface area contributed by atoms with E-state index >= 15 is 0 Å². The Morgan fingerprint density at radius 3 is 2.57 bits per heavy atom. The minimum atomic E-state index is -1.10. The van der Waals surface area contributed by atoms with E-state index in [1.807, 2.05) is 0 Å². The summed E-state index contributed by atoms with van der Waals surface area (Å²) in [6.07, 6.45) is 7.57. The van der Waals surface area contributed by atoms with Crippen LogP contribution in [0.5, 0.6) is 0 Å². The molecule has 0 radical (unpaired) electrons. The van der Waals surface area contributed by atoms with Crippen LogP contribution >= 0.6 is 0 Å². The molecule has 136 valence electrons. The second kappa shape index (κ2) is 8.52. The van der Waals surface area contributed by atoms with E-state index in [-0.39, 0.29) is 6.04 Å². The summed E-state index contributed by atoms with van der Waals surface area (Å²) in [6.45, 7) is 12.6. The van der Waals surface area contributed by atoms with Crippen molar-refractivity contribution < 1.29 is 9.53 Å². The zero-order valence-electron chi connectivity index (χ0n) is 15.9. The van der Waals surface area contributed by atoms with Crippen LogP contribution in [0, 0.1) is 11.3 Å². The van der Waals surface area contributed by atoms with Crippen LogP contribution < -0.4 is 11.5 Å². The lowest BCUT2D eigenvalue weighted by molar-refractivity contribution is 0.0995. The van der Waals surface area contributed by atoms with Gasteiger partial charge in [-0.05, 0) is 42.6 Å². The second-order valence-corrected chi connectivity index (χ2v) is 14.4. The van der Waals surface area contributed by atoms with Crippen molar-refractivity contribution in [1.82, 2.24) is 0 Å². The van der Waals surface area contributed by atoms with Crippen LogP contribution in [0.3, 0.4) is 0 Å². The quantitative estimate of drug-likeness (QED) is 0.637. The number of hydrogen-bond donors (Lipinski definition) is 2. The van der Waals surface area contributed by atoms with Gasteiger partial charge in [-0.3, -0.25) is 0 Å². The zero-order valence-corrected chi connectivity index (χ0v) is 16.9. The Labute approximate surface area is 143 Å². The van der Waals surface area contributed by atoms with Crippen LogP contribution in [0.2, 0.25) is 25.2 Å². The maximum atomic E-state index is 10.7. The molecule has 4 nitrogen and oxygen atoms in total. The van der Waals surface area contributed by atoms with Crippen molar-refractivity contribution in [3.05, 3.63) is 0 Å². The number of amides is 1. The average molecular weight is 343 g/mol. The van der Waals surface area contributed by atoms with Gasteiger partial charge in [-0.25, -0.2) is 4.79 Å². The molecule has 0 aromatic heterocycles. The van der Waals surface area contributed by atoms with Crippen molar-refractivity contribution in [1.29, 1.82) is 0 Å². The predicted octanol–water partition coefficient (Wildman–Crippen LogP) is 4.50. The van der Waals surface area contributed by atoms with E-state index in [1.54, 1.807) is 0 Å². The summed E-state index contributed by atoms with van der Waals surface area (Å²) < 4.78 is 4.84. The molecule has 0 heterocycles. The smallest absolute Gasteiger partial charge is 0.404 e. The largest absolute Gasteiger partial charge is 0.450 e. The molecule has 0 aromatic carbocycles. The maximum Gasteiger partial charge on any atom is 0.404 e. The van der Waals surface area contributed by atoms with Crippen LogP contribution in [0.25, 0.3) is 0 Å². The molecule has 0 aliphatic heterocycles. The van der Waals surface area contributed by atoms with E-state index in [4.69, 9.17) is 16.2 Å². The van der Waals surface area contributed by atoms with E-state index in [9.17, 15) is 4.79 Å². The topological polar surface area (TPSA) is 78.3 Å². The Morgan fingerprint density at radius 1 is 1.39 bits per heavy atom. The highest BCUT2D eigenvalue weighted by atomic mass is 28.3. The van der Waals surface area contributed by atoms with Crippen LogP contribution in [-0.2, 0) is 4.74 Å². The third-order valence-corrected chi connectivity index (χ3v) is 9.43. The van der Waals surface area contributed by atoms with E-state index < -0.39 is 14.2 Å². The summed E-state index contributed by atoms with van der Waals surface area (Å²) in [5.74, 6) is 0.851. The van der Waals surface area contributed by atoms with Crippen molar-refractivity contribution in [2.24, 2.45) is 22.8 Å². The van der Waals surface area contributed by atoms with Gasteiger partial charge in [-0.15, -0.1) is 0 Å². The summed E-state index contributed by atoms with van der Waals surface area (Å²) in [7, 11) is -1.10. The molecule has 1 aliphatic carbocycles. The molecule has 1 fully saturated rings. The van der Waals surface area contributed by atoms with Crippen LogP contribution in [0.15, 0.2) is 0 Å². The number of nitrogens with two attached hydrogens (primary N) is 2. The fourth-order valence-electron chi connectivity index (χ4n) is 4.25. The van der Waals surface area contributed by atoms with Gasteiger partial charge in [-0.1, -0.05) is 52.8 Å². The summed E-state index contributed by atoms with van der Waals surface area (Å²) in [4.78, 5) is 10.7. The molecule has 23 heavy (non-hydrogen) atoms. The highest BCUT2D eigenvalue weighted by Gasteiger charge is 2.40. The first-order valence-corrected chi connectivity index (χ1v) is 12.8. The van der Waals surface area contributed by atoms with Gasteiger partial charge < -0.3 is 16.2 Å². The molecule has 1 saturated carbocycles. The molecule has 4 N–H and O–H groups in total. The first-order chi connectivity index (χ1) is 10.6. The minimum absolute atomic E-state index is 0.0928. The Hall–Kier alpha value is -0.553. The Balaban J connectivity index is 2.63. The minimum Gasteiger partial charge on any atom is -0.450 e. The number of hydrogen-bond acceptors (Lipinski definition) is 3. The summed E-state index contributed by atoms with van der Waals surface area (Å²) in [6, 6.07) is 0.0928. The molecule has 0 spiro atoms. The third-order valence-electron chi connectivity index (χ3n) is 6.23. The second-order valence-electron chi connectivity index (χ2n) is 8.79. The molecule has 0 saturated heterocycles. The maximum absolute atomic E-state index is 10.7. The fraction of sp³-hybridized carbons (Fsp3) is 0.944. The lowest BCUT2D eigenvalue weighted by atomic mass is 9.64. The van der Waals surface area contributed by atoms with Gasteiger partial charge in [0.15, 0.2) is 0 Å². The highest BCUT2D eigenvalue weighted by Crippen LogP contribution is 2.50. The first kappa shape index (κ1) is 20.5. The number of carbonyl (C=O) groups excluding carboxylic acids is 1. The standard InChI is InChI=1S/C18H38N2O2Si/c1-6-18(13-16(19)9-11-22-17(20)21)10-7-8-15(12-18)14(2)23(3,4)5/h14-16H,6-13,19H2,1-5H3,(H2,20,21). The number of carbonyl (C=O) groups is 1. The number of rotatable bonds is 8. The molecule has 5 heteroatoms. The van der Waals surface area contributed by atoms with E-state index in [0.29, 0.717) is 18.4 Å². The molecule has 4 atom stereocenters. The number of ether oxygens (including phenoxy) is 1. The summed E-state index contributed by atoms with van der Waals surface area (Å²) in [5, 5.41) is 0. The molecule has 0 bridgehead atoms. The van der Waals surface area contributed by atoms with Crippen LogP contribution in [-0.4, -0.2) is 26.8 Å². The van der Waals surface area contributed by atoms with Gasteiger partial charge in [0.05, 0.1) is 6.61 Å². The summed E-state index contributed by atoms with van der Waals surface area (Å²) in [5.41, 5.74) is 12.6. The Kier molecular flexibility index (Phi) is 7.59. The van der Waals surface area contributed by atoms with E-state index in [0.717, 1.165) is 17.9 Å². The molecular weight excluding hydrogens is 304 g/mol. The van der Waals surface area contributed by atoms with Crippen molar-refractivity contribution in [3.8, 4) is 0 Å². The summed E-state index contributed by atoms with van der Waals surface area (Å²) >= 11 is 0. The Bertz CT molecular complexity index is 384. The third kappa shape index (κ3) is 6.46. The van der Waals surface area contributed by atoms with Gasteiger partial charge in [0.2, 0.25) is 0 Å².